The van der Waals surface area contributed by atoms with Crippen molar-refractivity contribution in [1.82, 2.24) is 0 Å². The van der Waals surface area contributed by atoms with Crippen LogP contribution >= 0.6 is 11.3 Å². The summed E-state index contributed by atoms with van der Waals surface area (Å²) in [5.74, 6) is 0.285. The van der Waals surface area contributed by atoms with Crippen LogP contribution in [0.5, 0.6) is 0 Å². The van der Waals surface area contributed by atoms with Gasteiger partial charge in [0.15, 0.2) is 9.84 Å². The van der Waals surface area contributed by atoms with Crippen molar-refractivity contribution in [3.05, 3.63) is 35.2 Å². The Morgan fingerprint density at radius 1 is 1.26 bits per heavy atom. The highest BCUT2D eigenvalue weighted by Crippen LogP contribution is 2.35. The standard InChI is InChI=1S/C14H17NO2S2/c15-14(13-7-3-4-8-19(13,16)17)11-9-18-12-6-2-1-5-10(11)12/h1-2,5-6,9,13-14H,3-4,7-8,15H2. The summed E-state index contributed by atoms with van der Waals surface area (Å²) in [5, 5.41) is 2.69. The van der Waals surface area contributed by atoms with E-state index in [0.717, 1.165) is 23.8 Å². The number of hydrogen-bond acceptors (Lipinski definition) is 4. The number of fused-ring (bicyclic) bond motifs is 1. The molecule has 1 saturated heterocycles. The molecule has 0 saturated carbocycles. The van der Waals surface area contributed by atoms with Crippen LogP contribution in [0.15, 0.2) is 29.6 Å². The van der Waals surface area contributed by atoms with E-state index in [-0.39, 0.29) is 5.75 Å². The zero-order valence-corrected chi connectivity index (χ0v) is 12.2. The summed E-state index contributed by atoms with van der Waals surface area (Å²) in [6, 6.07) is 7.63. The molecule has 1 aliphatic heterocycles. The number of thiophene rings is 1. The fourth-order valence-electron chi connectivity index (χ4n) is 2.84. The van der Waals surface area contributed by atoms with Gasteiger partial charge in [-0.25, -0.2) is 8.42 Å². The van der Waals surface area contributed by atoms with Crippen molar-refractivity contribution in [3.63, 3.8) is 0 Å². The molecular formula is C14H17NO2S2. The van der Waals surface area contributed by atoms with E-state index in [1.54, 1.807) is 11.3 Å². The summed E-state index contributed by atoms with van der Waals surface area (Å²) < 4.78 is 25.5. The minimum atomic E-state index is -3.04. The highest BCUT2D eigenvalue weighted by atomic mass is 32.2. The Hall–Kier alpha value is -0.910. The van der Waals surface area contributed by atoms with Crippen LogP contribution in [0.1, 0.15) is 30.9 Å². The largest absolute Gasteiger partial charge is 0.323 e. The lowest BCUT2D eigenvalue weighted by atomic mass is 10.00. The van der Waals surface area contributed by atoms with E-state index >= 15 is 0 Å². The maximum atomic E-state index is 12.2. The lowest BCUT2D eigenvalue weighted by Gasteiger charge is -2.27. The Morgan fingerprint density at radius 3 is 2.84 bits per heavy atom. The fraction of sp³-hybridized carbons (Fsp3) is 0.429. The monoisotopic (exact) mass is 295 g/mol. The first-order valence-electron chi connectivity index (χ1n) is 6.53. The van der Waals surface area contributed by atoms with Crippen LogP contribution in [0, 0.1) is 0 Å². The van der Waals surface area contributed by atoms with Crippen LogP contribution in [0.3, 0.4) is 0 Å². The number of sulfone groups is 1. The summed E-state index contributed by atoms with van der Waals surface area (Å²) in [6.07, 6.45) is 2.42. The average Bonchev–Trinajstić information content (AvgIpc) is 2.81. The molecule has 0 aliphatic carbocycles. The molecule has 2 heterocycles. The third-order valence-corrected chi connectivity index (χ3v) is 7.19. The van der Waals surface area contributed by atoms with Gasteiger partial charge in [-0.1, -0.05) is 24.6 Å². The molecule has 0 amide bonds. The first-order valence-corrected chi connectivity index (χ1v) is 9.12. The van der Waals surface area contributed by atoms with E-state index in [0.29, 0.717) is 6.42 Å². The van der Waals surface area contributed by atoms with Gasteiger partial charge in [0.1, 0.15) is 0 Å². The van der Waals surface area contributed by atoms with Gasteiger partial charge in [0.05, 0.1) is 11.0 Å². The van der Waals surface area contributed by atoms with Crippen molar-refractivity contribution in [3.8, 4) is 0 Å². The van der Waals surface area contributed by atoms with Crippen LogP contribution in [-0.2, 0) is 9.84 Å². The van der Waals surface area contributed by atoms with E-state index in [4.69, 9.17) is 5.73 Å². The maximum absolute atomic E-state index is 12.2. The van der Waals surface area contributed by atoms with Crippen molar-refractivity contribution < 1.29 is 8.42 Å². The molecule has 0 spiro atoms. The summed E-state index contributed by atoms with van der Waals surface area (Å²) in [6.45, 7) is 0. The van der Waals surface area contributed by atoms with E-state index < -0.39 is 21.1 Å². The summed E-state index contributed by atoms with van der Waals surface area (Å²) in [4.78, 5) is 0. The van der Waals surface area contributed by atoms with Crippen molar-refractivity contribution in [2.24, 2.45) is 5.73 Å². The molecule has 19 heavy (non-hydrogen) atoms. The molecule has 0 bridgehead atoms. The number of benzene rings is 1. The number of hydrogen-bond donors (Lipinski definition) is 1. The number of rotatable bonds is 2. The van der Waals surface area contributed by atoms with E-state index in [9.17, 15) is 8.42 Å². The Kier molecular flexibility index (Phi) is 3.37. The first-order chi connectivity index (χ1) is 9.09. The normalized spacial score (nSPS) is 24.4. The second-order valence-electron chi connectivity index (χ2n) is 5.11. The van der Waals surface area contributed by atoms with E-state index in [2.05, 4.69) is 0 Å². The predicted molar refractivity (Wildman–Crippen MR) is 80.2 cm³/mol. The zero-order valence-electron chi connectivity index (χ0n) is 10.6. The average molecular weight is 295 g/mol. The van der Waals surface area contributed by atoms with Gasteiger partial charge >= 0.3 is 0 Å². The Morgan fingerprint density at radius 2 is 2.05 bits per heavy atom. The van der Waals surface area contributed by atoms with Crippen LogP contribution in [-0.4, -0.2) is 19.4 Å². The van der Waals surface area contributed by atoms with Gasteiger partial charge < -0.3 is 5.73 Å². The molecule has 2 atom stereocenters. The van der Waals surface area contributed by atoms with Gasteiger partial charge in [-0.3, -0.25) is 0 Å². The zero-order chi connectivity index (χ0) is 13.5. The van der Waals surface area contributed by atoms with Crippen LogP contribution in [0.25, 0.3) is 10.1 Å². The molecule has 5 heteroatoms. The molecule has 0 radical (unpaired) electrons. The molecule has 1 aromatic heterocycles. The smallest absolute Gasteiger partial charge is 0.155 e. The Labute approximate surface area is 117 Å². The molecule has 2 unspecified atom stereocenters. The van der Waals surface area contributed by atoms with Gasteiger partial charge in [0.2, 0.25) is 0 Å². The van der Waals surface area contributed by atoms with E-state index in [1.807, 2.05) is 29.6 Å². The van der Waals surface area contributed by atoms with Gasteiger partial charge in [-0.05, 0) is 35.2 Å². The molecule has 1 aromatic carbocycles. The first kappa shape index (κ1) is 13.1. The second-order valence-corrected chi connectivity index (χ2v) is 8.36. The molecule has 2 aromatic rings. The highest BCUT2D eigenvalue weighted by molar-refractivity contribution is 7.92. The Balaban J connectivity index is 2.01. The molecule has 3 rings (SSSR count). The van der Waals surface area contributed by atoms with Gasteiger partial charge in [-0.15, -0.1) is 11.3 Å². The lowest BCUT2D eigenvalue weighted by molar-refractivity contribution is 0.506. The molecule has 2 N–H and O–H groups in total. The van der Waals surface area contributed by atoms with Crippen molar-refractivity contribution in [2.75, 3.05) is 5.75 Å². The number of nitrogens with two attached hydrogens (primary N) is 1. The maximum Gasteiger partial charge on any atom is 0.155 e. The third-order valence-electron chi connectivity index (χ3n) is 3.90. The van der Waals surface area contributed by atoms with Crippen molar-refractivity contribution in [1.29, 1.82) is 0 Å². The minimum absolute atomic E-state index is 0.285. The highest BCUT2D eigenvalue weighted by Gasteiger charge is 2.35. The van der Waals surface area contributed by atoms with Gasteiger partial charge in [-0.2, -0.15) is 0 Å². The van der Waals surface area contributed by atoms with Crippen LogP contribution < -0.4 is 5.73 Å². The van der Waals surface area contributed by atoms with E-state index in [1.165, 1.54) is 4.70 Å². The molecule has 1 fully saturated rings. The quantitative estimate of drug-likeness (QED) is 0.926. The third kappa shape index (κ3) is 2.30. The second kappa shape index (κ2) is 4.89. The molecule has 102 valence electrons. The summed E-state index contributed by atoms with van der Waals surface area (Å²) in [7, 11) is -3.04. The summed E-state index contributed by atoms with van der Waals surface area (Å²) in [5.41, 5.74) is 7.27. The van der Waals surface area contributed by atoms with Gasteiger partial charge in [0, 0.05) is 10.7 Å². The van der Waals surface area contributed by atoms with Crippen LogP contribution in [0.2, 0.25) is 0 Å². The summed E-state index contributed by atoms with van der Waals surface area (Å²) >= 11 is 1.63. The Bertz CT molecular complexity index is 690. The molecule has 3 nitrogen and oxygen atoms in total. The SMILES string of the molecule is NC(c1csc2ccccc12)C1CCCCS1(=O)=O. The molecular weight excluding hydrogens is 278 g/mol. The topological polar surface area (TPSA) is 60.2 Å². The van der Waals surface area contributed by atoms with Crippen molar-refractivity contribution in [2.45, 2.75) is 30.6 Å². The van der Waals surface area contributed by atoms with Crippen molar-refractivity contribution >= 4 is 31.3 Å². The molecule has 1 aliphatic rings. The van der Waals surface area contributed by atoms with Crippen LogP contribution in [0.4, 0.5) is 0 Å². The van der Waals surface area contributed by atoms with Gasteiger partial charge in [0.25, 0.3) is 0 Å². The lowest BCUT2D eigenvalue weighted by Crippen LogP contribution is -2.37. The minimum Gasteiger partial charge on any atom is -0.323 e. The predicted octanol–water partition coefficient (Wildman–Crippen LogP) is 2.87. The fourth-order valence-corrected chi connectivity index (χ4v) is 5.88.